The highest BCUT2D eigenvalue weighted by Crippen LogP contribution is 2.28. The van der Waals surface area contributed by atoms with Gasteiger partial charge in [-0.05, 0) is 74.1 Å². The number of hydrogen-bond acceptors (Lipinski definition) is 5. The summed E-state index contributed by atoms with van der Waals surface area (Å²) in [6, 6.07) is 19.1. The van der Waals surface area contributed by atoms with Gasteiger partial charge in [0.05, 0.1) is 0 Å². The number of nitrogens with one attached hydrogen (secondary N) is 2. The maximum atomic E-state index is 14.5. The molecule has 3 aromatic rings. The van der Waals surface area contributed by atoms with Crippen LogP contribution >= 0.6 is 0 Å². The van der Waals surface area contributed by atoms with E-state index >= 15 is 0 Å². The molecule has 0 spiro atoms. The van der Waals surface area contributed by atoms with Crippen LogP contribution in [0.25, 0.3) is 10.8 Å². The maximum Gasteiger partial charge on any atom is 0.408 e. The number of rotatable bonds is 16. The maximum absolute atomic E-state index is 14.5. The Morgan fingerprint density at radius 1 is 0.870 bits per heavy atom. The Morgan fingerprint density at radius 3 is 2.17 bits per heavy atom. The largest absolute Gasteiger partial charge is 0.444 e. The number of carbonyl (C=O) groups excluding carboxylic acids is 4. The van der Waals surface area contributed by atoms with Gasteiger partial charge in [-0.2, -0.15) is 0 Å². The fraction of sp³-hybridized carbons (Fsp3) is 0.459. The van der Waals surface area contributed by atoms with Gasteiger partial charge in [0.15, 0.2) is 0 Å². The first-order chi connectivity index (χ1) is 21.9. The van der Waals surface area contributed by atoms with Crippen LogP contribution in [0.3, 0.4) is 0 Å². The zero-order chi connectivity index (χ0) is 33.7. The number of nitrogens with zero attached hydrogens (tertiary/aromatic N) is 1. The van der Waals surface area contributed by atoms with Crippen LogP contribution in [0.4, 0.5) is 10.5 Å². The molecule has 0 aliphatic heterocycles. The van der Waals surface area contributed by atoms with Crippen molar-refractivity contribution in [3.63, 3.8) is 0 Å². The fourth-order valence-corrected chi connectivity index (χ4v) is 5.33. The van der Waals surface area contributed by atoms with Gasteiger partial charge in [0.1, 0.15) is 17.7 Å². The van der Waals surface area contributed by atoms with Crippen LogP contribution in [-0.4, -0.2) is 46.9 Å². The number of anilines is 1. The van der Waals surface area contributed by atoms with E-state index in [-0.39, 0.29) is 25.3 Å². The Morgan fingerprint density at radius 2 is 1.54 bits per heavy atom. The first-order valence-corrected chi connectivity index (χ1v) is 16.4. The summed E-state index contributed by atoms with van der Waals surface area (Å²) in [6.45, 7) is 9.63. The average molecular weight is 631 g/mol. The summed E-state index contributed by atoms with van der Waals surface area (Å²) in [5, 5.41) is 7.73. The van der Waals surface area contributed by atoms with Gasteiger partial charge in [0, 0.05) is 18.7 Å². The van der Waals surface area contributed by atoms with E-state index in [1.54, 1.807) is 20.8 Å². The highest BCUT2D eigenvalue weighted by Gasteiger charge is 2.36. The van der Waals surface area contributed by atoms with Crippen LogP contribution in [0, 0.1) is 0 Å². The van der Waals surface area contributed by atoms with Gasteiger partial charge in [0.2, 0.25) is 11.8 Å². The summed E-state index contributed by atoms with van der Waals surface area (Å²) in [6.07, 6.45) is 4.54. The zero-order valence-corrected chi connectivity index (χ0v) is 27.9. The molecule has 248 valence electrons. The zero-order valence-electron chi connectivity index (χ0n) is 27.9. The topological polar surface area (TPSA) is 131 Å². The van der Waals surface area contributed by atoms with E-state index in [9.17, 15) is 19.2 Å². The third kappa shape index (κ3) is 11.2. The first-order valence-electron chi connectivity index (χ1n) is 16.4. The van der Waals surface area contributed by atoms with Crippen LogP contribution in [0.5, 0.6) is 0 Å². The van der Waals surface area contributed by atoms with Crippen LogP contribution in [0.2, 0.25) is 0 Å². The number of carbonyl (C=O) groups is 4. The molecule has 0 saturated heterocycles. The molecule has 2 unspecified atom stereocenters. The molecule has 0 bridgehead atoms. The van der Waals surface area contributed by atoms with Crippen molar-refractivity contribution in [1.82, 2.24) is 10.2 Å². The van der Waals surface area contributed by atoms with Gasteiger partial charge in [-0.1, -0.05) is 94.1 Å². The number of aryl methyl sites for hydroxylation is 1. The molecule has 2 atom stereocenters. The van der Waals surface area contributed by atoms with Crippen molar-refractivity contribution in [2.24, 2.45) is 5.73 Å². The predicted molar refractivity (Wildman–Crippen MR) is 183 cm³/mol. The van der Waals surface area contributed by atoms with Crippen molar-refractivity contribution < 1.29 is 23.9 Å². The molecule has 0 heterocycles. The van der Waals surface area contributed by atoms with E-state index in [4.69, 9.17) is 10.5 Å². The molecule has 3 rings (SSSR count). The Labute approximate surface area is 273 Å². The van der Waals surface area contributed by atoms with Gasteiger partial charge in [-0.15, -0.1) is 0 Å². The highest BCUT2D eigenvalue weighted by molar-refractivity contribution is 6.00. The lowest BCUT2D eigenvalue weighted by Crippen LogP contribution is -2.52. The lowest BCUT2D eigenvalue weighted by molar-refractivity contribution is -0.141. The molecule has 0 aliphatic rings. The number of fused-ring (bicyclic) bond motifs is 1. The molecule has 4 amide bonds. The summed E-state index contributed by atoms with van der Waals surface area (Å²) in [4.78, 5) is 55.0. The van der Waals surface area contributed by atoms with Crippen molar-refractivity contribution in [2.75, 3.05) is 11.9 Å². The molecular formula is C37H50N4O5. The minimum Gasteiger partial charge on any atom is -0.444 e. The lowest BCUT2D eigenvalue weighted by atomic mass is 9.99. The molecule has 0 aromatic heterocycles. The van der Waals surface area contributed by atoms with Gasteiger partial charge in [-0.25, -0.2) is 4.79 Å². The molecule has 4 N–H and O–H groups in total. The quantitative estimate of drug-likeness (QED) is 0.146. The van der Waals surface area contributed by atoms with E-state index in [2.05, 4.69) is 24.5 Å². The second-order valence-corrected chi connectivity index (χ2v) is 12.7. The van der Waals surface area contributed by atoms with E-state index in [1.807, 2.05) is 66.7 Å². The Hall–Kier alpha value is -4.40. The van der Waals surface area contributed by atoms with Crippen LogP contribution in [0.15, 0.2) is 66.7 Å². The summed E-state index contributed by atoms with van der Waals surface area (Å²) >= 11 is 0. The van der Waals surface area contributed by atoms with E-state index in [0.29, 0.717) is 17.7 Å². The van der Waals surface area contributed by atoms with Crippen molar-refractivity contribution in [3.05, 3.63) is 77.9 Å². The number of alkyl carbamates (subject to hydrolysis) is 1. The predicted octanol–water partition coefficient (Wildman–Crippen LogP) is 7.04. The standard InChI is InChI=1S/C37H50N4O5/c1-6-8-9-10-13-24-41(35(44)31(22-23-32(38)42)40-36(45)46-37(3,4)5)33(28-18-16-26(7-2)17-19-28)34(43)39-30-21-20-27-14-11-12-15-29(27)25-30/h11-12,14-21,25,31,33H,6-10,13,22-24H2,1-5H3,(H2,38,42)(H,39,43)(H,40,45). The van der Waals surface area contributed by atoms with E-state index in [1.165, 1.54) is 4.90 Å². The third-order valence-corrected chi connectivity index (χ3v) is 7.73. The lowest BCUT2D eigenvalue weighted by Gasteiger charge is -2.34. The van der Waals surface area contributed by atoms with Crippen molar-refractivity contribution in [1.29, 1.82) is 0 Å². The van der Waals surface area contributed by atoms with Gasteiger partial charge in [-0.3, -0.25) is 14.4 Å². The molecule has 0 aliphatic carbocycles. The summed E-state index contributed by atoms with van der Waals surface area (Å²) < 4.78 is 5.45. The van der Waals surface area contributed by atoms with Crippen LogP contribution in [-0.2, 0) is 25.5 Å². The first kappa shape index (κ1) is 36.1. The average Bonchev–Trinajstić information content (AvgIpc) is 3.01. The second-order valence-electron chi connectivity index (χ2n) is 12.7. The molecule has 0 fully saturated rings. The Bertz CT molecular complexity index is 1460. The molecule has 9 nitrogen and oxygen atoms in total. The highest BCUT2D eigenvalue weighted by atomic mass is 16.6. The molecule has 46 heavy (non-hydrogen) atoms. The van der Waals surface area contributed by atoms with Crippen molar-refractivity contribution in [3.8, 4) is 0 Å². The minimum absolute atomic E-state index is 0.0342. The van der Waals surface area contributed by atoms with Crippen molar-refractivity contribution in [2.45, 2.75) is 104 Å². The van der Waals surface area contributed by atoms with Crippen LogP contribution in [0.1, 0.15) is 96.7 Å². The molecular weight excluding hydrogens is 580 g/mol. The fourth-order valence-electron chi connectivity index (χ4n) is 5.33. The smallest absolute Gasteiger partial charge is 0.408 e. The third-order valence-electron chi connectivity index (χ3n) is 7.73. The van der Waals surface area contributed by atoms with Gasteiger partial charge >= 0.3 is 6.09 Å². The number of unbranched alkanes of at least 4 members (excludes halogenated alkanes) is 4. The minimum atomic E-state index is -1.14. The summed E-state index contributed by atoms with van der Waals surface area (Å²) in [7, 11) is 0. The SMILES string of the molecule is CCCCCCCN(C(=O)C(CCC(N)=O)NC(=O)OC(C)(C)C)C(C(=O)Nc1ccc2ccccc2c1)c1ccc(CC)cc1. The molecule has 9 heteroatoms. The van der Waals surface area contributed by atoms with E-state index in [0.717, 1.165) is 48.4 Å². The molecule has 3 aromatic carbocycles. The number of benzene rings is 3. The van der Waals surface area contributed by atoms with Gasteiger partial charge in [0.25, 0.3) is 5.91 Å². The number of nitrogens with two attached hydrogens (primary N) is 1. The monoisotopic (exact) mass is 630 g/mol. The second kappa shape index (κ2) is 17.3. The van der Waals surface area contributed by atoms with Gasteiger partial charge < -0.3 is 26.0 Å². The summed E-state index contributed by atoms with van der Waals surface area (Å²) in [5.74, 6) is -1.47. The Kier molecular flexibility index (Phi) is 13.6. The summed E-state index contributed by atoms with van der Waals surface area (Å²) in [5.41, 5.74) is 7.00. The van der Waals surface area contributed by atoms with E-state index < -0.39 is 35.6 Å². The Balaban J connectivity index is 2.04. The number of hydrogen-bond donors (Lipinski definition) is 3. The number of primary amides is 1. The van der Waals surface area contributed by atoms with Crippen LogP contribution < -0.4 is 16.4 Å². The molecule has 0 saturated carbocycles. The number of amides is 4. The molecule has 0 radical (unpaired) electrons. The number of ether oxygens (including phenoxy) is 1. The normalized spacial score (nSPS) is 12.6. The van der Waals surface area contributed by atoms with Crippen molar-refractivity contribution >= 4 is 40.3 Å².